The van der Waals surface area contributed by atoms with Crippen LogP contribution in [0.1, 0.15) is 78.6 Å². The van der Waals surface area contributed by atoms with Gasteiger partial charge in [-0.3, -0.25) is 4.79 Å². The summed E-state index contributed by atoms with van der Waals surface area (Å²) in [4.78, 5) is 12.4. The maximum absolute atomic E-state index is 12.4. The highest BCUT2D eigenvalue weighted by Crippen LogP contribution is 2.68. The zero-order chi connectivity index (χ0) is 20.5. The maximum Gasteiger partial charge on any atom is 0.184 e. The molecule has 4 aliphatic rings. The molecule has 4 rings (SSSR count). The molecular weight excluding hydrogens is 364 g/mol. The standard InChI is InChI=1S/C24H42O3Si/c1-16(25)24(26)14-11-21-19-8-7-17-15-18(27-28(4,5)6)9-12-22(17,2)20(19)10-13-23(21,24)3/h17-21,26H,7-15H2,1-6H3/t17-,18-,19-,20+,21+,22+,23+,24+/m1/s1. The van der Waals surface area contributed by atoms with Crippen LogP contribution in [0.15, 0.2) is 0 Å². The lowest BCUT2D eigenvalue weighted by atomic mass is 9.44. The topological polar surface area (TPSA) is 46.5 Å². The molecule has 4 aliphatic carbocycles. The van der Waals surface area contributed by atoms with Crippen molar-refractivity contribution < 1.29 is 14.3 Å². The number of Topliss-reactive ketones (excluding diaryl/α,β-unsaturated/α-hetero) is 1. The van der Waals surface area contributed by atoms with Gasteiger partial charge in [0.25, 0.3) is 0 Å². The minimum atomic E-state index is -1.47. The highest BCUT2D eigenvalue weighted by atomic mass is 28.4. The number of aliphatic hydroxyl groups is 1. The third kappa shape index (κ3) is 3.00. The van der Waals surface area contributed by atoms with Crippen LogP contribution in [0.5, 0.6) is 0 Å². The van der Waals surface area contributed by atoms with Gasteiger partial charge < -0.3 is 9.53 Å². The molecule has 4 fully saturated rings. The molecule has 0 aromatic carbocycles. The molecule has 0 radical (unpaired) electrons. The van der Waals surface area contributed by atoms with Gasteiger partial charge in [-0.15, -0.1) is 0 Å². The molecule has 8 atom stereocenters. The Kier molecular flexibility index (Phi) is 5.00. The van der Waals surface area contributed by atoms with Gasteiger partial charge in [0, 0.05) is 11.5 Å². The first-order valence-electron chi connectivity index (χ1n) is 11.8. The summed E-state index contributed by atoms with van der Waals surface area (Å²) >= 11 is 0. The number of fused-ring (bicyclic) bond motifs is 5. The van der Waals surface area contributed by atoms with Gasteiger partial charge in [0.05, 0.1) is 0 Å². The molecule has 0 aromatic heterocycles. The monoisotopic (exact) mass is 406 g/mol. The van der Waals surface area contributed by atoms with Crippen LogP contribution in [-0.2, 0) is 9.22 Å². The predicted molar refractivity (Wildman–Crippen MR) is 116 cm³/mol. The summed E-state index contributed by atoms with van der Waals surface area (Å²) in [6.45, 7) is 13.4. The Morgan fingerprint density at radius 1 is 0.964 bits per heavy atom. The van der Waals surface area contributed by atoms with Crippen molar-refractivity contribution in [1.29, 1.82) is 0 Å². The summed E-state index contributed by atoms with van der Waals surface area (Å²) in [6.07, 6.45) is 10.8. The number of hydrogen-bond donors (Lipinski definition) is 1. The largest absolute Gasteiger partial charge is 0.415 e. The van der Waals surface area contributed by atoms with Crippen LogP contribution >= 0.6 is 0 Å². The highest BCUT2D eigenvalue weighted by molar-refractivity contribution is 6.69. The minimum absolute atomic E-state index is 0.000137. The molecule has 28 heavy (non-hydrogen) atoms. The summed E-state index contributed by atoms with van der Waals surface area (Å²) in [7, 11) is -1.47. The highest BCUT2D eigenvalue weighted by Gasteiger charge is 2.66. The second-order valence-corrected chi connectivity index (χ2v) is 16.7. The number of ketones is 1. The van der Waals surface area contributed by atoms with Crippen molar-refractivity contribution in [3.63, 3.8) is 0 Å². The van der Waals surface area contributed by atoms with Gasteiger partial charge >= 0.3 is 0 Å². The zero-order valence-electron chi connectivity index (χ0n) is 19.0. The Bertz CT molecular complexity index is 642. The Morgan fingerprint density at radius 3 is 2.29 bits per heavy atom. The van der Waals surface area contributed by atoms with Crippen molar-refractivity contribution in [2.75, 3.05) is 0 Å². The molecule has 4 saturated carbocycles. The summed E-state index contributed by atoms with van der Waals surface area (Å²) in [5.41, 5.74) is -0.856. The van der Waals surface area contributed by atoms with E-state index in [1.54, 1.807) is 6.92 Å². The fourth-order valence-electron chi connectivity index (χ4n) is 8.42. The first kappa shape index (κ1) is 21.1. The quantitative estimate of drug-likeness (QED) is 0.623. The number of carbonyl (C=O) groups excluding carboxylic acids is 1. The third-order valence-electron chi connectivity index (χ3n) is 9.87. The van der Waals surface area contributed by atoms with Gasteiger partial charge in [-0.2, -0.15) is 0 Å². The van der Waals surface area contributed by atoms with E-state index in [0.717, 1.165) is 24.7 Å². The molecule has 4 heteroatoms. The average Bonchev–Trinajstić information content (AvgIpc) is 2.87. The molecule has 0 spiro atoms. The summed E-state index contributed by atoms with van der Waals surface area (Å²) in [5.74, 6) is 2.78. The predicted octanol–water partition coefficient (Wildman–Crippen LogP) is 5.57. The molecule has 3 nitrogen and oxygen atoms in total. The first-order chi connectivity index (χ1) is 12.9. The van der Waals surface area contributed by atoms with Crippen LogP contribution in [0, 0.1) is 34.5 Å². The number of carbonyl (C=O) groups is 1. The third-order valence-corrected chi connectivity index (χ3v) is 10.9. The fraction of sp³-hybridized carbons (Fsp3) is 0.958. The number of hydrogen-bond acceptors (Lipinski definition) is 3. The van der Waals surface area contributed by atoms with Crippen LogP contribution in [0.3, 0.4) is 0 Å². The van der Waals surface area contributed by atoms with Crippen LogP contribution < -0.4 is 0 Å². The van der Waals surface area contributed by atoms with Crippen molar-refractivity contribution in [3.05, 3.63) is 0 Å². The van der Waals surface area contributed by atoms with Crippen LogP contribution in [0.25, 0.3) is 0 Å². The molecule has 0 heterocycles. The lowest BCUT2D eigenvalue weighted by Gasteiger charge is -2.61. The Balaban J connectivity index is 1.54. The lowest BCUT2D eigenvalue weighted by Crippen LogP contribution is -2.58. The molecular formula is C24H42O3Si. The maximum atomic E-state index is 12.4. The van der Waals surface area contributed by atoms with Gasteiger partial charge in [-0.1, -0.05) is 13.8 Å². The van der Waals surface area contributed by atoms with Crippen molar-refractivity contribution in [1.82, 2.24) is 0 Å². The molecule has 1 N–H and O–H groups in total. The lowest BCUT2D eigenvalue weighted by molar-refractivity contribution is -0.170. The Morgan fingerprint density at radius 2 is 1.64 bits per heavy atom. The Labute approximate surface area is 173 Å². The fourth-order valence-corrected chi connectivity index (χ4v) is 9.63. The van der Waals surface area contributed by atoms with E-state index in [0.29, 0.717) is 29.8 Å². The van der Waals surface area contributed by atoms with E-state index >= 15 is 0 Å². The van der Waals surface area contributed by atoms with E-state index < -0.39 is 13.9 Å². The normalized spacial score (nSPS) is 51.2. The minimum Gasteiger partial charge on any atom is -0.415 e. The van der Waals surface area contributed by atoms with Crippen LogP contribution in [-0.4, -0.2) is 30.9 Å². The summed E-state index contributed by atoms with van der Waals surface area (Å²) < 4.78 is 6.52. The molecule has 0 saturated heterocycles. The molecule has 160 valence electrons. The van der Waals surface area contributed by atoms with Gasteiger partial charge in [0.1, 0.15) is 5.60 Å². The van der Waals surface area contributed by atoms with Gasteiger partial charge in [-0.05, 0) is 113 Å². The van der Waals surface area contributed by atoms with E-state index in [-0.39, 0.29) is 11.2 Å². The van der Waals surface area contributed by atoms with E-state index in [9.17, 15) is 9.90 Å². The van der Waals surface area contributed by atoms with Crippen molar-refractivity contribution in [2.24, 2.45) is 34.5 Å². The molecule has 0 aromatic rings. The van der Waals surface area contributed by atoms with Crippen LogP contribution in [0.4, 0.5) is 0 Å². The molecule has 0 bridgehead atoms. The van der Waals surface area contributed by atoms with E-state index in [1.165, 1.54) is 38.5 Å². The smallest absolute Gasteiger partial charge is 0.184 e. The van der Waals surface area contributed by atoms with E-state index in [1.807, 2.05) is 0 Å². The second kappa shape index (κ2) is 6.65. The SMILES string of the molecule is CC(=O)[C@@]1(O)CC[C@H]2[C@@H]3CC[C@@H]4C[C@H](O[Si](C)(C)C)CC[C@]4(C)[C@H]3CC[C@@]21C. The molecule has 0 aliphatic heterocycles. The number of rotatable bonds is 3. The first-order valence-corrected chi connectivity index (χ1v) is 15.2. The van der Waals surface area contributed by atoms with E-state index in [4.69, 9.17) is 4.43 Å². The van der Waals surface area contributed by atoms with E-state index in [2.05, 4.69) is 33.5 Å². The van der Waals surface area contributed by atoms with Gasteiger partial charge in [0.2, 0.25) is 0 Å². The van der Waals surface area contributed by atoms with Crippen molar-refractivity contribution in [3.8, 4) is 0 Å². The average molecular weight is 407 g/mol. The van der Waals surface area contributed by atoms with Crippen molar-refractivity contribution in [2.45, 2.75) is 110 Å². The summed E-state index contributed by atoms with van der Waals surface area (Å²) in [5, 5.41) is 11.3. The van der Waals surface area contributed by atoms with Gasteiger partial charge in [0.15, 0.2) is 14.1 Å². The summed E-state index contributed by atoms with van der Waals surface area (Å²) in [6, 6.07) is 0. The van der Waals surface area contributed by atoms with Crippen molar-refractivity contribution >= 4 is 14.1 Å². The zero-order valence-corrected chi connectivity index (χ0v) is 20.0. The molecule has 0 amide bonds. The van der Waals surface area contributed by atoms with Gasteiger partial charge in [-0.25, -0.2) is 0 Å². The second-order valence-electron chi connectivity index (χ2n) is 12.2. The molecule has 0 unspecified atom stereocenters. The Hall–Kier alpha value is -0.193. The van der Waals surface area contributed by atoms with Crippen LogP contribution in [0.2, 0.25) is 19.6 Å².